The molecule has 3 rings (SSSR count). The van der Waals surface area contributed by atoms with E-state index < -0.39 is 0 Å². The maximum absolute atomic E-state index is 5.81. The molecule has 0 amide bonds. The molecule has 0 spiro atoms. The highest BCUT2D eigenvalue weighted by molar-refractivity contribution is 8.13. The molecule has 0 bridgehead atoms. The largest absolute Gasteiger partial charge is 0.378 e. The van der Waals surface area contributed by atoms with E-state index in [2.05, 4.69) is 46.3 Å². The average molecular weight is 373 g/mol. The molecule has 0 aliphatic carbocycles. The van der Waals surface area contributed by atoms with Gasteiger partial charge in [0.2, 0.25) is 0 Å². The van der Waals surface area contributed by atoms with E-state index in [1.165, 1.54) is 28.3 Å². The molecule has 23 heavy (non-hydrogen) atoms. The van der Waals surface area contributed by atoms with E-state index in [1.807, 2.05) is 12.3 Å². The summed E-state index contributed by atoms with van der Waals surface area (Å²) in [6, 6.07) is 6.18. The molecule has 1 aromatic carbocycles. The number of likely N-dealkylation sites (N-methyl/N-ethyl adjacent to an activating group) is 1. The number of rotatable bonds is 2. The summed E-state index contributed by atoms with van der Waals surface area (Å²) in [4.78, 5) is 10.1. The Kier molecular flexibility index (Phi) is 7.48. The van der Waals surface area contributed by atoms with Crippen LogP contribution < -0.4 is 5.73 Å². The smallest absolute Gasteiger partial charge is 0.158 e. The van der Waals surface area contributed by atoms with Crippen molar-refractivity contribution in [2.24, 2.45) is 10.7 Å². The van der Waals surface area contributed by atoms with Crippen molar-refractivity contribution in [2.75, 3.05) is 26.4 Å². The van der Waals surface area contributed by atoms with Gasteiger partial charge < -0.3 is 15.6 Å². The van der Waals surface area contributed by atoms with Crippen LogP contribution in [-0.4, -0.2) is 41.4 Å². The summed E-state index contributed by atoms with van der Waals surface area (Å²) < 4.78 is 0. The molecular formula is C16H22Cl2N4S. The number of nitrogens with zero attached hydrogens (tertiary/aromatic N) is 2. The number of hydrogen-bond donors (Lipinski definition) is 2. The number of nitrogens with two attached hydrogens (primary N) is 1. The first-order chi connectivity index (χ1) is 10.2. The normalized spacial score (nSPS) is 15.7. The van der Waals surface area contributed by atoms with Gasteiger partial charge in [-0.05, 0) is 43.5 Å². The van der Waals surface area contributed by atoms with Crippen molar-refractivity contribution < 1.29 is 0 Å². The van der Waals surface area contributed by atoms with Crippen LogP contribution in [0.1, 0.15) is 12.0 Å². The van der Waals surface area contributed by atoms with Crippen molar-refractivity contribution in [1.82, 2.24) is 9.88 Å². The van der Waals surface area contributed by atoms with Gasteiger partial charge >= 0.3 is 0 Å². The first-order valence-corrected chi connectivity index (χ1v) is 8.27. The zero-order valence-corrected chi connectivity index (χ0v) is 15.7. The third kappa shape index (κ3) is 4.44. The zero-order valence-electron chi connectivity index (χ0n) is 13.2. The van der Waals surface area contributed by atoms with Crippen LogP contribution in [0.3, 0.4) is 0 Å². The Hall–Kier alpha value is -1.14. The van der Waals surface area contributed by atoms with Gasteiger partial charge in [0.15, 0.2) is 5.17 Å². The Morgan fingerprint density at radius 1 is 1.35 bits per heavy atom. The van der Waals surface area contributed by atoms with E-state index in [1.54, 1.807) is 0 Å². The molecule has 7 heteroatoms. The lowest BCUT2D eigenvalue weighted by Gasteiger charge is -2.21. The molecule has 0 saturated carbocycles. The SMILES string of the molecule is CSC(N)=Nc1ccc2[nH]cc(C3=CCN(C)CC3)c2c1.Cl.Cl. The number of aliphatic imine (C=N–C) groups is 1. The molecule has 2 heterocycles. The van der Waals surface area contributed by atoms with Crippen molar-refractivity contribution in [2.45, 2.75) is 6.42 Å². The van der Waals surface area contributed by atoms with Gasteiger partial charge in [-0.25, -0.2) is 4.99 Å². The fraction of sp³-hybridized carbons (Fsp3) is 0.312. The van der Waals surface area contributed by atoms with E-state index in [0.29, 0.717) is 5.17 Å². The van der Waals surface area contributed by atoms with E-state index in [4.69, 9.17) is 5.73 Å². The van der Waals surface area contributed by atoms with Gasteiger partial charge in [-0.15, -0.1) is 24.8 Å². The van der Waals surface area contributed by atoms with Crippen LogP contribution in [0, 0.1) is 0 Å². The predicted molar refractivity (Wildman–Crippen MR) is 108 cm³/mol. The quantitative estimate of drug-likeness (QED) is 0.617. The molecule has 3 N–H and O–H groups in total. The minimum Gasteiger partial charge on any atom is -0.378 e. The van der Waals surface area contributed by atoms with Crippen LogP contribution >= 0.6 is 36.6 Å². The molecular weight excluding hydrogens is 351 g/mol. The highest BCUT2D eigenvalue weighted by atomic mass is 35.5. The standard InChI is InChI=1S/C16H20N4S.2ClH/c1-20-7-5-11(6-8-20)14-10-18-15-4-3-12(9-13(14)15)19-16(17)21-2;;/h3-5,9-10,18H,6-8H2,1-2H3,(H2,17,19);2*1H. The van der Waals surface area contributed by atoms with Crippen LogP contribution in [0.15, 0.2) is 35.5 Å². The summed E-state index contributed by atoms with van der Waals surface area (Å²) in [7, 11) is 2.15. The van der Waals surface area contributed by atoms with Crippen molar-refractivity contribution in [3.05, 3.63) is 36.0 Å². The molecule has 1 aliphatic heterocycles. The number of H-pyrrole nitrogens is 1. The van der Waals surface area contributed by atoms with Crippen molar-refractivity contribution in [3.63, 3.8) is 0 Å². The van der Waals surface area contributed by atoms with Crippen molar-refractivity contribution in [1.29, 1.82) is 0 Å². The van der Waals surface area contributed by atoms with E-state index in [-0.39, 0.29) is 24.8 Å². The molecule has 2 aromatic rings. The van der Waals surface area contributed by atoms with E-state index >= 15 is 0 Å². The van der Waals surface area contributed by atoms with Crippen molar-refractivity contribution >= 4 is 63.9 Å². The van der Waals surface area contributed by atoms with E-state index in [9.17, 15) is 0 Å². The number of benzene rings is 1. The minimum absolute atomic E-state index is 0. The third-order valence-corrected chi connectivity index (χ3v) is 4.38. The van der Waals surface area contributed by atoms with E-state index in [0.717, 1.165) is 30.7 Å². The Bertz CT molecular complexity index is 724. The highest BCUT2D eigenvalue weighted by Crippen LogP contribution is 2.31. The Morgan fingerprint density at radius 3 is 2.78 bits per heavy atom. The van der Waals surface area contributed by atoms with Crippen LogP contribution in [0.25, 0.3) is 16.5 Å². The summed E-state index contributed by atoms with van der Waals surface area (Å²) >= 11 is 1.46. The first kappa shape index (κ1) is 19.9. The third-order valence-electron chi connectivity index (χ3n) is 3.87. The monoisotopic (exact) mass is 372 g/mol. The average Bonchev–Trinajstić information content (AvgIpc) is 2.91. The summed E-state index contributed by atoms with van der Waals surface area (Å²) in [5.74, 6) is 0. The molecule has 0 unspecified atom stereocenters. The first-order valence-electron chi connectivity index (χ1n) is 7.04. The fourth-order valence-corrected chi connectivity index (χ4v) is 2.83. The maximum atomic E-state index is 5.81. The van der Waals surface area contributed by atoms with Crippen LogP contribution in [0.5, 0.6) is 0 Å². The van der Waals surface area contributed by atoms with Crippen LogP contribution in [0.2, 0.25) is 0 Å². The summed E-state index contributed by atoms with van der Waals surface area (Å²) in [5, 5.41) is 1.81. The number of thioether (sulfide) groups is 1. The maximum Gasteiger partial charge on any atom is 0.158 e. The molecule has 0 atom stereocenters. The van der Waals surface area contributed by atoms with Crippen LogP contribution in [-0.2, 0) is 0 Å². The Morgan fingerprint density at radius 2 is 2.13 bits per heavy atom. The van der Waals surface area contributed by atoms with Gasteiger partial charge in [-0.1, -0.05) is 17.8 Å². The number of fused-ring (bicyclic) bond motifs is 1. The number of aromatic nitrogens is 1. The molecule has 0 radical (unpaired) electrons. The highest BCUT2D eigenvalue weighted by Gasteiger charge is 2.13. The summed E-state index contributed by atoms with van der Waals surface area (Å²) in [6.07, 6.45) is 7.44. The molecule has 0 saturated heterocycles. The number of aromatic amines is 1. The van der Waals surface area contributed by atoms with Gasteiger partial charge in [-0.3, -0.25) is 0 Å². The molecule has 0 fully saturated rings. The minimum atomic E-state index is 0. The zero-order chi connectivity index (χ0) is 14.8. The summed E-state index contributed by atoms with van der Waals surface area (Å²) in [5.41, 5.74) is 10.6. The van der Waals surface area contributed by atoms with Crippen LogP contribution in [0.4, 0.5) is 5.69 Å². The number of halogens is 2. The number of nitrogens with one attached hydrogen (secondary N) is 1. The Labute approximate surface area is 153 Å². The van der Waals surface area contributed by atoms with Gasteiger partial charge in [-0.2, -0.15) is 0 Å². The second-order valence-electron chi connectivity index (χ2n) is 5.33. The fourth-order valence-electron chi connectivity index (χ4n) is 2.63. The van der Waals surface area contributed by atoms with Gasteiger partial charge in [0.1, 0.15) is 0 Å². The molecule has 1 aromatic heterocycles. The lowest BCUT2D eigenvalue weighted by molar-refractivity contribution is 0.370. The predicted octanol–water partition coefficient (Wildman–Crippen LogP) is 4.04. The summed E-state index contributed by atoms with van der Waals surface area (Å²) in [6.45, 7) is 2.12. The number of amidine groups is 1. The lowest BCUT2D eigenvalue weighted by atomic mass is 9.99. The van der Waals surface area contributed by atoms with Crippen molar-refractivity contribution in [3.8, 4) is 0 Å². The molecule has 4 nitrogen and oxygen atoms in total. The molecule has 126 valence electrons. The number of hydrogen-bond acceptors (Lipinski definition) is 3. The molecule has 1 aliphatic rings. The second kappa shape index (κ2) is 8.64. The van der Waals surface area contributed by atoms with Gasteiger partial charge in [0.05, 0.1) is 5.69 Å². The van der Waals surface area contributed by atoms with Gasteiger partial charge in [0.25, 0.3) is 0 Å². The second-order valence-corrected chi connectivity index (χ2v) is 6.15. The van der Waals surface area contributed by atoms with Gasteiger partial charge in [0, 0.05) is 35.8 Å². The Balaban J connectivity index is 0.00000132. The lowest BCUT2D eigenvalue weighted by Crippen LogP contribution is -2.23. The topological polar surface area (TPSA) is 57.4 Å².